The van der Waals surface area contributed by atoms with Crippen molar-refractivity contribution in [2.24, 2.45) is 7.05 Å². The molecule has 0 saturated carbocycles. The van der Waals surface area contributed by atoms with Crippen LogP contribution in [0.4, 0.5) is 5.82 Å². The van der Waals surface area contributed by atoms with Crippen LogP contribution in [0.1, 0.15) is 37.3 Å². The minimum Gasteiger partial charge on any atom is -0.386 e. The van der Waals surface area contributed by atoms with Gasteiger partial charge in [-0.1, -0.05) is 19.0 Å². The number of anilines is 1. The SMILES string of the molecule is CC(C)c1noc(-c2ccnc(NCC(O)c3cnn(C)c3)c2)n1. The maximum atomic E-state index is 10.2. The van der Waals surface area contributed by atoms with Crippen LogP contribution >= 0.6 is 0 Å². The van der Waals surface area contributed by atoms with Gasteiger partial charge in [0.05, 0.1) is 12.3 Å². The van der Waals surface area contributed by atoms with Crippen molar-refractivity contribution < 1.29 is 9.63 Å². The summed E-state index contributed by atoms with van der Waals surface area (Å²) in [6, 6.07) is 3.62. The molecular weight excluding hydrogens is 308 g/mol. The van der Waals surface area contributed by atoms with Crippen LogP contribution in [0.5, 0.6) is 0 Å². The van der Waals surface area contributed by atoms with E-state index in [1.807, 2.05) is 27.0 Å². The molecule has 3 rings (SSSR count). The number of nitrogens with one attached hydrogen (secondary N) is 1. The average molecular weight is 328 g/mol. The van der Waals surface area contributed by atoms with Crippen LogP contribution in [0, 0.1) is 0 Å². The summed E-state index contributed by atoms with van der Waals surface area (Å²) < 4.78 is 6.94. The van der Waals surface area contributed by atoms with Crippen molar-refractivity contribution in [2.45, 2.75) is 25.9 Å². The molecule has 8 nitrogen and oxygen atoms in total. The number of aliphatic hydroxyl groups is 1. The second kappa shape index (κ2) is 6.79. The third kappa shape index (κ3) is 3.60. The monoisotopic (exact) mass is 328 g/mol. The van der Waals surface area contributed by atoms with E-state index in [2.05, 4.69) is 25.5 Å². The topological polar surface area (TPSA) is 102 Å². The van der Waals surface area contributed by atoms with Gasteiger partial charge in [0, 0.05) is 43.0 Å². The summed E-state index contributed by atoms with van der Waals surface area (Å²) in [4.78, 5) is 8.62. The van der Waals surface area contributed by atoms with Crippen molar-refractivity contribution in [3.63, 3.8) is 0 Å². The summed E-state index contributed by atoms with van der Waals surface area (Å²) >= 11 is 0. The van der Waals surface area contributed by atoms with Crippen molar-refractivity contribution in [2.75, 3.05) is 11.9 Å². The van der Waals surface area contributed by atoms with Gasteiger partial charge in [-0.05, 0) is 12.1 Å². The highest BCUT2D eigenvalue weighted by molar-refractivity contribution is 5.57. The summed E-state index contributed by atoms with van der Waals surface area (Å²) in [7, 11) is 1.81. The highest BCUT2D eigenvalue weighted by atomic mass is 16.5. The fourth-order valence-corrected chi connectivity index (χ4v) is 2.18. The maximum absolute atomic E-state index is 10.2. The molecule has 2 N–H and O–H groups in total. The average Bonchev–Trinajstić information content (AvgIpc) is 3.22. The first kappa shape index (κ1) is 16.1. The molecule has 0 aliphatic rings. The third-order valence-corrected chi connectivity index (χ3v) is 3.55. The molecule has 0 aromatic carbocycles. The molecule has 3 heterocycles. The molecule has 8 heteroatoms. The first-order valence-electron chi connectivity index (χ1n) is 7.73. The van der Waals surface area contributed by atoms with E-state index in [0.29, 0.717) is 24.1 Å². The third-order valence-electron chi connectivity index (χ3n) is 3.55. The lowest BCUT2D eigenvalue weighted by molar-refractivity contribution is 0.191. The van der Waals surface area contributed by atoms with E-state index < -0.39 is 6.10 Å². The van der Waals surface area contributed by atoms with E-state index in [1.165, 1.54) is 0 Å². The van der Waals surface area contributed by atoms with E-state index in [-0.39, 0.29) is 5.92 Å². The van der Waals surface area contributed by atoms with Crippen LogP contribution < -0.4 is 5.32 Å². The lowest BCUT2D eigenvalue weighted by Gasteiger charge is -2.10. The van der Waals surface area contributed by atoms with Gasteiger partial charge in [0.15, 0.2) is 5.82 Å². The second-order valence-corrected chi connectivity index (χ2v) is 5.89. The second-order valence-electron chi connectivity index (χ2n) is 5.89. The van der Waals surface area contributed by atoms with Gasteiger partial charge in [-0.3, -0.25) is 4.68 Å². The van der Waals surface area contributed by atoms with Crippen LogP contribution in [-0.4, -0.2) is 36.6 Å². The molecule has 0 aliphatic carbocycles. The minimum atomic E-state index is -0.667. The Hall–Kier alpha value is -2.74. The van der Waals surface area contributed by atoms with Crippen molar-refractivity contribution in [1.82, 2.24) is 24.9 Å². The zero-order valence-corrected chi connectivity index (χ0v) is 13.8. The van der Waals surface area contributed by atoms with Gasteiger partial charge in [-0.15, -0.1) is 0 Å². The van der Waals surface area contributed by atoms with E-state index in [1.54, 1.807) is 29.3 Å². The Kier molecular flexibility index (Phi) is 4.57. The van der Waals surface area contributed by atoms with Crippen molar-refractivity contribution in [1.29, 1.82) is 0 Å². The minimum absolute atomic E-state index is 0.205. The summed E-state index contributed by atoms with van der Waals surface area (Å²) in [5.41, 5.74) is 1.53. The molecule has 0 saturated heterocycles. The Morgan fingerprint density at radius 1 is 1.38 bits per heavy atom. The molecular formula is C16H20N6O2. The Morgan fingerprint density at radius 3 is 2.88 bits per heavy atom. The van der Waals surface area contributed by atoms with Gasteiger partial charge < -0.3 is 14.9 Å². The fraction of sp³-hybridized carbons (Fsp3) is 0.375. The smallest absolute Gasteiger partial charge is 0.258 e. The summed E-state index contributed by atoms with van der Waals surface area (Å²) in [6.45, 7) is 4.34. The van der Waals surface area contributed by atoms with Crippen LogP contribution in [-0.2, 0) is 7.05 Å². The number of aromatic nitrogens is 5. The lowest BCUT2D eigenvalue weighted by atomic mass is 10.2. The van der Waals surface area contributed by atoms with Crippen molar-refractivity contribution in [3.8, 4) is 11.5 Å². The van der Waals surface area contributed by atoms with Crippen molar-refractivity contribution in [3.05, 3.63) is 42.1 Å². The molecule has 0 spiro atoms. The number of hydrogen-bond acceptors (Lipinski definition) is 7. The molecule has 3 aromatic rings. The highest BCUT2D eigenvalue weighted by Gasteiger charge is 2.13. The largest absolute Gasteiger partial charge is 0.386 e. The number of aliphatic hydroxyl groups excluding tert-OH is 1. The van der Waals surface area contributed by atoms with Gasteiger partial charge in [0.25, 0.3) is 5.89 Å². The van der Waals surface area contributed by atoms with E-state index in [4.69, 9.17) is 4.52 Å². The van der Waals surface area contributed by atoms with Gasteiger partial charge in [0.2, 0.25) is 0 Å². The molecule has 24 heavy (non-hydrogen) atoms. The number of rotatable bonds is 6. The summed E-state index contributed by atoms with van der Waals surface area (Å²) in [6.07, 6.45) is 4.41. The molecule has 0 radical (unpaired) electrons. The van der Waals surface area contributed by atoms with Crippen LogP contribution in [0.15, 0.2) is 35.2 Å². The molecule has 1 unspecified atom stereocenters. The summed E-state index contributed by atoms with van der Waals surface area (Å²) in [5.74, 6) is 1.96. The molecule has 0 aliphatic heterocycles. The first-order valence-corrected chi connectivity index (χ1v) is 7.73. The molecule has 0 amide bonds. The van der Waals surface area contributed by atoms with Gasteiger partial charge >= 0.3 is 0 Å². The Bertz CT molecular complexity index is 810. The molecule has 3 aromatic heterocycles. The lowest BCUT2D eigenvalue weighted by Crippen LogP contribution is -2.12. The van der Waals surface area contributed by atoms with Gasteiger partial charge in [0.1, 0.15) is 5.82 Å². The van der Waals surface area contributed by atoms with Crippen LogP contribution in [0.3, 0.4) is 0 Å². The van der Waals surface area contributed by atoms with Gasteiger partial charge in [-0.2, -0.15) is 10.1 Å². The number of aryl methyl sites for hydroxylation is 1. The van der Waals surface area contributed by atoms with Crippen LogP contribution in [0.2, 0.25) is 0 Å². The molecule has 0 bridgehead atoms. The standard InChI is InChI=1S/C16H20N6O2/c1-10(2)15-20-16(24-21-15)11-4-5-17-14(6-11)18-8-13(23)12-7-19-22(3)9-12/h4-7,9-10,13,23H,8H2,1-3H3,(H,17,18). The predicted octanol–water partition coefficient (Wildman–Crippen LogP) is 2.13. The highest BCUT2D eigenvalue weighted by Crippen LogP contribution is 2.22. The summed E-state index contributed by atoms with van der Waals surface area (Å²) in [5, 5.41) is 21.3. The maximum Gasteiger partial charge on any atom is 0.258 e. The van der Waals surface area contributed by atoms with E-state index in [0.717, 1.165) is 11.1 Å². The Balaban J connectivity index is 1.68. The van der Waals surface area contributed by atoms with Crippen molar-refractivity contribution >= 4 is 5.82 Å². The van der Waals surface area contributed by atoms with Gasteiger partial charge in [-0.25, -0.2) is 4.98 Å². The zero-order valence-electron chi connectivity index (χ0n) is 13.8. The quantitative estimate of drug-likeness (QED) is 0.714. The Labute approximate surface area is 139 Å². The normalized spacial score (nSPS) is 12.5. The molecule has 0 fully saturated rings. The number of hydrogen-bond donors (Lipinski definition) is 2. The first-order chi connectivity index (χ1) is 11.5. The zero-order chi connectivity index (χ0) is 17.1. The number of pyridine rings is 1. The van der Waals surface area contributed by atoms with E-state index in [9.17, 15) is 5.11 Å². The van der Waals surface area contributed by atoms with Crippen LogP contribution in [0.25, 0.3) is 11.5 Å². The van der Waals surface area contributed by atoms with E-state index >= 15 is 0 Å². The fourth-order valence-electron chi connectivity index (χ4n) is 2.18. The molecule has 1 atom stereocenters. The predicted molar refractivity (Wildman–Crippen MR) is 88.3 cm³/mol. The molecule has 126 valence electrons. The number of nitrogens with zero attached hydrogens (tertiary/aromatic N) is 5. The Morgan fingerprint density at radius 2 is 2.21 bits per heavy atom.